The highest BCUT2D eigenvalue weighted by molar-refractivity contribution is 9.10. The van der Waals surface area contributed by atoms with E-state index < -0.39 is 8.07 Å². The largest absolute Gasteiger partial charge is 0.361 e. The summed E-state index contributed by atoms with van der Waals surface area (Å²) in [6.45, 7) is 8.40. The van der Waals surface area contributed by atoms with Crippen molar-refractivity contribution < 1.29 is 4.74 Å². The molecule has 0 fully saturated rings. The van der Waals surface area contributed by atoms with Gasteiger partial charge in [-0.15, -0.1) is 0 Å². The van der Waals surface area contributed by atoms with Gasteiger partial charge in [-0.05, 0) is 34.1 Å². The molecule has 2 heterocycles. The first-order chi connectivity index (χ1) is 8.97. The number of aromatic amines is 1. The highest BCUT2D eigenvalue weighted by atomic mass is 79.9. The summed E-state index contributed by atoms with van der Waals surface area (Å²) in [5, 5.41) is 0. The molecule has 2 aromatic heterocycles. The minimum absolute atomic E-state index is 0.527. The van der Waals surface area contributed by atoms with Crippen molar-refractivity contribution in [1.29, 1.82) is 0 Å². The number of aromatic nitrogens is 3. The van der Waals surface area contributed by atoms with Crippen LogP contribution < -0.4 is 0 Å². The molecule has 4 nitrogen and oxygen atoms in total. The summed E-state index contributed by atoms with van der Waals surface area (Å²) in [5.41, 5.74) is 1.000. The minimum atomic E-state index is -1.03. The molecule has 0 aliphatic rings. The Bertz CT molecular complexity index is 516. The predicted molar refractivity (Wildman–Crippen MR) is 83.8 cm³/mol. The van der Waals surface area contributed by atoms with Crippen LogP contribution in [0.3, 0.4) is 0 Å². The number of imidazole rings is 1. The smallest absolute Gasteiger partial charge is 0.159 e. The van der Waals surface area contributed by atoms with E-state index in [0.29, 0.717) is 6.73 Å². The second-order valence-corrected chi connectivity index (χ2v) is 12.2. The van der Waals surface area contributed by atoms with Crippen LogP contribution in [0.15, 0.2) is 29.1 Å². The number of nitrogens with zero attached hydrogens (tertiary/aromatic N) is 2. The molecular formula is C13H20BrN3OSi. The van der Waals surface area contributed by atoms with Crippen molar-refractivity contribution in [3.63, 3.8) is 0 Å². The highest BCUT2D eigenvalue weighted by Crippen LogP contribution is 2.21. The van der Waals surface area contributed by atoms with Crippen molar-refractivity contribution in [1.82, 2.24) is 14.5 Å². The van der Waals surface area contributed by atoms with Gasteiger partial charge >= 0.3 is 0 Å². The van der Waals surface area contributed by atoms with E-state index in [4.69, 9.17) is 4.74 Å². The van der Waals surface area contributed by atoms with Gasteiger partial charge in [-0.1, -0.05) is 19.6 Å². The summed E-state index contributed by atoms with van der Waals surface area (Å²) in [6, 6.07) is 5.15. The average molecular weight is 342 g/mol. The van der Waals surface area contributed by atoms with Gasteiger partial charge in [-0.3, -0.25) is 4.57 Å². The van der Waals surface area contributed by atoms with Crippen LogP contribution in [0.4, 0.5) is 0 Å². The molecule has 0 unspecified atom stereocenters. The Morgan fingerprint density at radius 3 is 2.84 bits per heavy atom. The maximum absolute atomic E-state index is 5.79. The third-order valence-corrected chi connectivity index (χ3v) is 5.20. The Labute approximate surface area is 123 Å². The summed E-state index contributed by atoms with van der Waals surface area (Å²) in [5.74, 6) is 0.893. The first-order valence-corrected chi connectivity index (χ1v) is 10.9. The zero-order chi connectivity index (χ0) is 13.9. The molecule has 6 heteroatoms. The summed E-state index contributed by atoms with van der Waals surface area (Å²) < 4.78 is 8.75. The zero-order valence-corrected chi connectivity index (χ0v) is 14.2. The predicted octanol–water partition coefficient (Wildman–Crippen LogP) is 3.95. The maximum Gasteiger partial charge on any atom is 0.159 e. The van der Waals surface area contributed by atoms with Crippen molar-refractivity contribution in [3.05, 3.63) is 29.1 Å². The summed E-state index contributed by atoms with van der Waals surface area (Å²) >= 11 is 3.51. The van der Waals surface area contributed by atoms with Gasteiger partial charge in [0.05, 0.1) is 11.9 Å². The first kappa shape index (κ1) is 14.6. The number of hydrogen-bond donors (Lipinski definition) is 1. The second kappa shape index (κ2) is 6.07. The first-order valence-electron chi connectivity index (χ1n) is 6.40. The van der Waals surface area contributed by atoms with E-state index in [-0.39, 0.29) is 0 Å². The Balaban J connectivity index is 1.99. The number of rotatable bonds is 6. The molecule has 0 aliphatic carbocycles. The molecule has 2 aromatic rings. The lowest BCUT2D eigenvalue weighted by atomic mass is 10.4. The van der Waals surface area contributed by atoms with Gasteiger partial charge < -0.3 is 9.72 Å². The van der Waals surface area contributed by atoms with Crippen LogP contribution in [0.25, 0.3) is 11.5 Å². The molecule has 0 spiro atoms. The number of halogens is 1. The van der Waals surface area contributed by atoms with E-state index in [1.54, 1.807) is 6.20 Å². The molecule has 104 valence electrons. The molecule has 0 saturated heterocycles. The quantitative estimate of drug-likeness (QED) is 0.638. The zero-order valence-electron chi connectivity index (χ0n) is 11.6. The van der Waals surface area contributed by atoms with E-state index in [1.807, 2.05) is 22.9 Å². The third-order valence-electron chi connectivity index (χ3n) is 2.86. The van der Waals surface area contributed by atoms with Gasteiger partial charge in [-0.2, -0.15) is 0 Å². The molecule has 0 bridgehead atoms. The van der Waals surface area contributed by atoms with Gasteiger partial charge in [0.1, 0.15) is 11.3 Å². The van der Waals surface area contributed by atoms with Crippen molar-refractivity contribution in [2.24, 2.45) is 0 Å². The van der Waals surface area contributed by atoms with Crippen LogP contribution in [0.5, 0.6) is 0 Å². The second-order valence-electron chi connectivity index (χ2n) is 5.76. The Morgan fingerprint density at radius 2 is 2.21 bits per heavy atom. The number of ether oxygens (including phenoxy) is 1. The summed E-state index contributed by atoms with van der Waals surface area (Å²) in [4.78, 5) is 7.57. The third kappa shape index (κ3) is 4.06. The lowest BCUT2D eigenvalue weighted by molar-refractivity contribution is 0.0868. The standard InChI is InChI=1S/C13H20BrN3OSi/c1-19(2,3)8-7-18-10-17-12(14)9-16-13(17)11-5-4-6-15-11/h4-6,9,15H,7-8,10H2,1-3H3. The topological polar surface area (TPSA) is 42.8 Å². The molecule has 1 N–H and O–H groups in total. The van der Waals surface area contributed by atoms with E-state index in [1.165, 1.54) is 6.04 Å². The van der Waals surface area contributed by atoms with Gasteiger partial charge in [0, 0.05) is 20.9 Å². The van der Waals surface area contributed by atoms with Crippen LogP contribution >= 0.6 is 15.9 Å². The van der Waals surface area contributed by atoms with Crippen molar-refractivity contribution in [2.75, 3.05) is 6.61 Å². The normalized spacial score (nSPS) is 12.0. The van der Waals surface area contributed by atoms with Gasteiger partial charge in [0.25, 0.3) is 0 Å². The molecule has 0 atom stereocenters. The molecule has 0 aliphatic heterocycles. The van der Waals surface area contributed by atoms with Gasteiger partial charge in [0.15, 0.2) is 5.82 Å². The Hall–Kier alpha value is -0.853. The summed E-state index contributed by atoms with van der Waals surface area (Å²) in [7, 11) is -1.03. The van der Waals surface area contributed by atoms with Gasteiger partial charge in [-0.25, -0.2) is 4.98 Å². The Kier molecular flexibility index (Phi) is 4.65. The van der Waals surface area contributed by atoms with Gasteiger partial charge in [0.2, 0.25) is 0 Å². The lowest BCUT2D eigenvalue weighted by Crippen LogP contribution is -2.22. The van der Waals surface area contributed by atoms with E-state index in [9.17, 15) is 0 Å². The monoisotopic (exact) mass is 341 g/mol. The van der Waals surface area contributed by atoms with Crippen molar-refractivity contribution in [3.8, 4) is 11.5 Å². The van der Waals surface area contributed by atoms with Crippen LogP contribution in [-0.4, -0.2) is 29.2 Å². The molecule has 19 heavy (non-hydrogen) atoms. The van der Waals surface area contributed by atoms with E-state index in [0.717, 1.165) is 22.7 Å². The maximum atomic E-state index is 5.79. The Morgan fingerprint density at radius 1 is 1.42 bits per heavy atom. The number of hydrogen-bond acceptors (Lipinski definition) is 2. The SMILES string of the molecule is C[Si](C)(C)CCOCn1c(Br)cnc1-c1ccc[nH]1. The number of nitrogens with one attached hydrogen (secondary N) is 1. The molecule has 0 aromatic carbocycles. The number of H-pyrrole nitrogens is 1. The fourth-order valence-corrected chi connectivity index (χ4v) is 2.83. The fraction of sp³-hybridized carbons (Fsp3) is 0.462. The van der Waals surface area contributed by atoms with Crippen molar-refractivity contribution in [2.45, 2.75) is 32.4 Å². The van der Waals surface area contributed by atoms with E-state index in [2.05, 4.69) is 45.5 Å². The molecular weight excluding hydrogens is 322 g/mol. The van der Waals surface area contributed by atoms with Crippen LogP contribution in [0, 0.1) is 0 Å². The minimum Gasteiger partial charge on any atom is -0.361 e. The van der Waals surface area contributed by atoms with Crippen LogP contribution in [0.2, 0.25) is 25.7 Å². The average Bonchev–Trinajstić information content (AvgIpc) is 2.93. The lowest BCUT2D eigenvalue weighted by Gasteiger charge is -2.16. The molecule has 2 rings (SSSR count). The van der Waals surface area contributed by atoms with E-state index >= 15 is 0 Å². The van der Waals surface area contributed by atoms with Crippen molar-refractivity contribution >= 4 is 24.0 Å². The molecule has 0 saturated carbocycles. The highest BCUT2D eigenvalue weighted by Gasteiger charge is 2.14. The fourth-order valence-electron chi connectivity index (χ4n) is 1.70. The molecule has 0 radical (unpaired) electrons. The van der Waals surface area contributed by atoms with Crippen LogP contribution in [-0.2, 0) is 11.5 Å². The van der Waals surface area contributed by atoms with Crippen LogP contribution in [0.1, 0.15) is 0 Å². The molecule has 0 amide bonds. The summed E-state index contributed by atoms with van der Waals surface area (Å²) in [6.07, 6.45) is 3.70.